The molecule has 37 heavy (non-hydrogen) atoms. The highest BCUT2D eigenvalue weighted by molar-refractivity contribution is 9.10. The molecule has 6 rings (SSSR count). The molecular weight excluding hydrogens is 542 g/mol. The predicted octanol–water partition coefficient (Wildman–Crippen LogP) is 2.78. The Labute approximate surface area is 220 Å². The summed E-state index contributed by atoms with van der Waals surface area (Å²) in [4.78, 5) is 36.6. The summed E-state index contributed by atoms with van der Waals surface area (Å²) in [5.41, 5.74) is 3.06. The summed E-state index contributed by atoms with van der Waals surface area (Å²) < 4.78 is 14.0. The van der Waals surface area contributed by atoms with Crippen LogP contribution >= 0.6 is 15.9 Å². The van der Waals surface area contributed by atoms with Gasteiger partial charge in [0.25, 0.3) is 0 Å². The van der Waals surface area contributed by atoms with Crippen molar-refractivity contribution in [3.05, 3.63) is 57.4 Å². The van der Waals surface area contributed by atoms with E-state index in [0.29, 0.717) is 50.7 Å². The van der Waals surface area contributed by atoms with Crippen LogP contribution in [0, 0.1) is 0 Å². The van der Waals surface area contributed by atoms with Gasteiger partial charge in [-0.05, 0) is 43.2 Å². The number of H-pyrrole nitrogens is 1. The Balaban J connectivity index is 1.10. The number of carbonyl (C=O) groups is 1. The van der Waals surface area contributed by atoms with Gasteiger partial charge in [0.1, 0.15) is 6.42 Å². The van der Waals surface area contributed by atoms with Gasteiger partial charge < -0.3 is 19.0 Å². The molecule has 2 aliphatic rings. The number of fused-ring (bicyclic) bond motifs is 1. The number of anilines is 1. The van der Waals surface area contributed by atoms with Crippen LogP contribution in [0.5, 0.6) is 0 Å². The summed E-state index contributed by atoms with van der Waals surface area (Å²) in [7, 11) is 0. The minimum absolute atomic E-state index is 0.0155. The fraction of sp³-hybridized carbons (Fsp3) is 0.400. The first kappa shape index (κ1) is 23.9. The molecule has 11 nitrogen and oxygen atoms in total. The van der Waals surface area contributed by atoms with Crippen molar-refractivity contribution in [2.45, 2.75) is 25.3 Å². The van der Waals surface area contributed by atoms with Gasteiger partial charge in [-0.15, -0.1) is 10.2 Å². The summed E-state index contributed by atoms with van der Waals surface area (Å²) in [6, 6.07) is 9.72. The predicted molar refractivity (Wildman–Crippen MR) is 139 cm³/mol. The number of piperidine rings is 1. The fourth-order valence-electron chi connectivity index (χ4n) is 5.08. The molecule has 5 heterocycles. The number of imidazole rings is 1. The number of morpholine rings is 1. The highest BCUT2D eigenvalue weighted by atomic mass is 79.9. The van der Waals surface area contributed by atoms with E-state index in [9.17, 15) is 9.59 Å². The molecule has 2 saturated heterocycles. The van der Waals surface area contributed by atoms with Gasteiger partial charge in [-0.2, -0.15) is 0 Å². The molecule has 1 N–H and O–H groups in total. The Morgan fingerprint density at radius 3 is 2.73 bits per heavy atom. The van der Waals surface area contributed by atoms with E-state index < -0.39 is 0 Å². The SMILES string of the molecule is O=C(Cc1nnc(-c2cc(Br)cc(N3CCOCC3)c2)o1)N1CCC(n2c(=O)[nH]c3ncccc32)CC1. The number of rotatable bonds is 5. The summed E-state index contributed by atoms with van der Waals surface area (Å²) in [6.07, 6.45) is 3.07. The van der Waals surface area contributed by atoms with Crippen LogP contribution in [-0.2, 0) is 16.0 Å². The Kier molecular flexibility index (Phi) is 6.51. The maximum Gasteiger partial charge on any atom is 0.327 e. The lowest BCUT2D eigenvalue weighted by molar-refractivity contribution is -0.132. The lowest BCUT2D eigenvalue weighted by Crippen LogP contribution is -2.41. The van der Waals surface area contributed by atoms with Gasteiger partial charge in [0.05, 0.1) is 18.7 Å². The van der Waals surface area contributed by atoms with E-state index in [-0.39, 0.29) is 30.0 Å². The second-order valence-electron chi connectivity index (χ2n) is 9.26. The number of ether oxygens (including phenoxy) is 1. The Morgan fingerprint density at radius 2 is 1.92 bits per heavy atom. The van der Waals surface area contributed by atoms with Crippen molar-refractivity contribution in [1.82, 2.24) is 29.6 Å². The van der Waals surface area contributed by atoms with Crippen molar-refractivity contribution < 1.29 is 13.9 Å². The van der Waals surface area contributed by atoms with Gasteiger partial charge in [-0.3, -0.25) is 14.3 Å². The monoisotopic (exact) mass is 567 g/mol. The van der Waals surface area contributed by atoms with Gasteiger partial charge in [0, 0.05) is 54.1 Å². The van der Waals surface area contributed by atoms with Gasteiger partial charge in [0.15, 0.2) is 5.65 Å². The molecule has 0 spiro atoms. The second-order valence-corrected chi connectivity index (χ2v) is 10.2. The second kappa shape index (κ2) is 10.1. The highest BCUT2D eigenvalue weighted by Gasteiger charge is 2.27. The molecular formula is C25H26BrN7O4. The highest BCUT2D eigenvalue weighted by Crippen LogP contribution is 2.30. The van der Waals surface area contributed by atoms with Crippen LogP contribution in [0.3, 0.4) is 0 Å². The number of hydrogen-bond acceptors (Lipinski definition) is 8. The first-order valence-corrected chi connectivity index (χ1v) is 13.1. The first-order chi connectivity index (χ1) is 18.0. The van der Waals surface area contributed by atoms with Gasteiger partial charge >= 0.3 is 5.69 Å². The largest absolute Gasteiger partial charge is 0.420 e. The quantitative estimate of drug-likeness (QED) is 0.390. The number of carbonyl (C=O) groups excluding carboxylic acids is 1. The van der Waals surface area contributed by atoms with Crippen molar-refractivity contribution in [3.63, 3.8) is 0 Å². The first-order valence-electron chi connectivity index (χ1n) is 12.3. The molecule has 2 aliphatic heterocycles. The van der Waals surface area contributed by atoms with Crippen molar-refractivity contribution >= 4 is 38.7 Å². The lowest BCUT2D eigenvalue weighted by Gasteiger charge is -2.32. The number of amides is 1. The van der Waals surface area contributed by atoms with Crippen LogP contribution in [0.1, 0.15) is 24.8 Å². The number of pyridine rings is 1. The van der Waals surface area contributed by atoms with Crippen LogP contribution < -0.4 is 10.6 Å². The summed E-state index contributed by atoms with van der Waals surface area (Å²) in [5, 5.41) is 8.33. The van der Waals surface area contributed by atoms with Crippen LogP contribution in [0.15, 0.2) is 50.2 Å². The smallest absolute Gasteiger partial charge is 0.327 e. The molecule has 0 saturated carbocycles. The zero-order chi connectivity index (χ0) is 25.4. The number of nitrogens with zero attached hydrogens (tertiary/aromatic N) is 6. The Bertz CT molecular complexity index is 1480. The standard InChI is InChI=1S/C25H26BrN7O4/c26-17-12-16(13-19(14-17)31-8-10-36-11-9-31)24-30-29-21(37-24)15-22(34)32-6-3-18(4-7-32)33-20-2-1-5-27-23(20)28-25(33)35/h1-2,5,12-14,18H,3-4,6-11,15H2,(H,27,28,35). The summed E-state index contributed by atoms with van der Waals surface area (Å²) in [5.74, 6) is 0.600. The Hall–Kier alpha value is -3.51. The third kappa shape index (κ3) is 4.90. The fourth-order valence-corrected chi connectivity index (χ4v) is 5.56. The third-order valence-corrected chi connectivity index (χ3v) is 7.41. The number of aromatic nitrogens is 5. The Morgan fingerprint density at radius 1 is 1.11 bits per heavy atom. The molecule has 1 aromatic carbocycles. The molecule has 1 amide bonds. The summed E-state index contributed by atoms with van der Waals surface area (Å²) >= 11 is 3.58. The number of likely N-dealkylation sites (tertiary alicyclic amines) is 1. The molecule has 0 atom stereocenters. The van der Waals surface area contributed by atoms with Gasteiger partial charge in [-0.1, -0.05) is 15.9 Å². The van der Waals surface area contributed by atoms with Crippen LogP contribution in [0.4, 0.5) is 5.69 Å². The number of benzene rings is 1. The minimum Gasteiger partial charge on any atom is -0.420 e. The molecule has 4 aromatic rings. The van der Waals surface area contributed by atoms with Crippen molar-refractivity contribution in [2.75, 3.05) is 44.3 Å². The average Bonchev–Trinajstić information content (AvgIpc) is 3.52. The normalized spacial score (nSPS) is 17.0. The topological polar surface area (TPSA) is 122 Å². The molecule has 0 radical (unpaired) electrons. The number of aromatic amines is 1. The van der Waals surface area contributed by atoms with Gasteiger partial charge in [-0.25, -0.2) is 9.78 Å². The van der Waals surface area contributed by atoms with E-state index in [1.165, 1.54) is 0 Å². The number of halogens is 1. The van der Waals surface area contributed by atoms with Crippen molar-refractivity contribution in [1.29, 1.82) is 0 Å². The van der Waals surface area contributed by atoms with Gasteiger partial charge in [0.2, 0.25) is 17.7 Å². The average molecular weight is 568 g/mol. The van der Waals surface area contributed by atoms with Crippen LogP contribution in [0.2, 0.25) is 0 Å². The molecule has 0 bridgehead atoms. The maximum atomic E-state index is 13.0. The molecule has 12 heteroatoms. The maximum absolute atomic E-state index is 13.0. The summed E-state index contributed by atoms with van der Waals surface area (Å²) in [6.45, 7) is 4.14. The third-order valence-electron chi connectivity index (χ3n) is 6.95. The zero-order valence-corrected chi connectivity index (χ0v) is 21.7. The van der Waals surface area contributed by atoms with Crippen molar-refractivity contribution in [3.8, 4) is 11.5 Å². The number of nitrogens with one attached hydrogen (secondary N) is 1. The van der Waals surface area contributed by atoms with Crippen LogP contribution in [0.25, 0.3) is 22.6 Å². The lowest BCUT2D eigenvalue weighted by atomic mass is 10.0. The van der Waals surface area contributed by atoms with Crippen LogP contribution in [-0.4, -0.2) is 74.9 Å². The molecule has 0 aliphatic carbocycles. The molecule has 0 unspecified atom stereocenters. The zero-order valence-electron chi connectivity index (χ0n) is 20.1. The van der Waals surface area contributed by atoms with E-state index in [4.69, 9.17) is 9.15 Å². The molecule has 2 fully saturated rings. The number of hydrogen-bond donors (Lipinski definition) is 1. The minimum atomic E-state index is -0.166. The van der Waals surface area contributed by atoms with E-state index in [1.807, 2.05) is 24.3 Å². The molecule has 192 valence electrons. The van der Waals surface area contributed by atoms with Crippen molar-refractivity contribution in [2.24, 2.45) is 0 Å². The van der Waals surface area contributed by atoms with E-state index in [1.54, 1.807) is 15.7 Å². The molecule has 3 aromatic heterocycles. The van der Waals surface area contributed by atoms with E-state index in [0.717, 1.165) is 34.3 Å². The van der Waals surface area contributed by atoms with E-state index in [2.05, 4.69) is 47.1 Å². The van der Waals surface area contributed by atoms with E-state index >= 15 is 0 Å².